The van der Waals surface area contributed by atoms with Crippen molar-refractivity contribution in [2.45, 2.75) is 58.5 Å². The monoisotopic (exact) mass is 493 g/mol. The van der Waals surface area contributed by atoms with E-state index in [1.165, 1.54) is 32.6 Å². The van der Waals surface area contributed by atoms with Gasteiger partial charge in [-0.25, -0.2) is 9.37 Å². The second kappa shape index (κ2) is 11.7. The molecule has 1 saturated heterocycles. The lowest BCUT2D eigenvalue weighted by atomic mass is 10.00. The molecule has 1 aliphatic rings. The third kappa shape index (κ3) is 6.32. The van der Waals surface area contributed by atoms with Gasteiger partial charge in [-0.05, 0) is 94.6 Å². The van der Waals surface area contributed by atoms with Gasteiger partial charge in [0.25, 0.3) is 0 Å². The van der Waals surface area contributed by atoms with Crippen molar-refractivity contribution in [2.24, 2.45) is 0 Å². The molecule has 0 unspecified atom stereocenters. The Kier molecular flexibility index (Phi) is 8.41. The van der Waals surface area contributed by atoms with Gasteiger partial charge < -0.3 is 19.7 Å². The predicted molar refractivity (Wildman–Crippen MR) is 141 cm³/mol. The molecular formula is C29H36FN3O3. The normalized spacial score (nSPS) is 16.0. The molecule has 2 aromatic carbocycles. The Morgan fingerprint density at radius 1 is 1.22 bits per heavy atom. The molecule has 2 heterocycles. The van der Waals surface area contributed by atoms with Crippen molar-refractivity contribution in [3.05, 3.63) is 53.8 Å². The van der Waals surface area contributed by atoms with E-state index in [9.17, 15) is 9.18 Å². The molecule has 1 amide bonds. The van der Waals surface area contributed by atoms with E-state index >= 15 is 0 Å². The summed E-state index contributed by atoms with van der Waals surface area (Å²) < 4.78 is 25.3. The zero-order chi connectivity index (χ0) is 25.7. The summed E-state index contributed by atoms with van der Waals surface area (Å²) in [6, 6.07) is 13.1. The quantitative estimate of drug-likeness (QED) is 0.385. The number of pyridine rings is 1. The topological polar surface area (TPSA) is 63.7 Å². The summed E-state index contributed by atoms with van der Waals surface area (Å²) >= 11 is 0. The van der Waals surface area contributed by atoms with Crippen molar-refractivity contribution in [3.63, 3.8) is 0 Å². The number of likely N-dealkylation sites (tertiary alicyclic amines) is 1. The number of hydrogen-bond acceptors (Lipinski definition) is 5. The van der Waals surface area contributed by atoms with Crippen LogP contribution in [0.15, 0.2) is 42.5 Å². The average molecular weight is 494 g/mol. The molecule has 7 heteroatoms. The smallest absolute Gasteiger partial charge is 0.224 e. The standard InChI is InChI=1S/C29H36FN3O3/c1-19(2)31-28(34)18-23-15-22-16-24(36-14-6-13-33-12-5-7-20(33)3)9-11-26(22)32-29(23)21-8-10-25(30)27(17-21)35-4/h8-11,15-17,19-20H,5-7,12-14,18H2,1-4H3,(H,31,34)/t20-/m1/s1. The fraction of sp³-hybridized carbons (Fsp3) is 0.448. The zero-order valence-corrected chi connectivity index (χ0v) is 21.6. The van der Waals surface area contributed by atoms with Crippen LogP contribution in [0.25, 0.3) is 22.2 Å². The molecule has 0 bridgehead atoms. The van der Waals surface area contributed by atoms with E-state index in [4.69, 9.17) is 14.5 Å². The van der Waals surface area contributed by atoms with Crippen molar-refractivity contribution >= 4 is 16.8 Å². The van der Waals surface area contributed by atoms with Gasteiger partial charge in [-0.1, -0.05) is 0 Å². The Balaban J connectivity index is 1.58. The fourth-order valence-electron chi connectivity index (χ4n) is 4.81. The van der Waals surface area contributed by atoms with E-state index in [1.807, 2.05) is 38.1 Å². The van der Waals surface area contributed by atoms with Gasteiger partial charge in [-0.15, -0.1) is 0 Å². The molecule has 0 spiro atoms. The summed E-state index contributed by atoms with van der Waals surface area (Å²) in [5, 5.41) is 3.84. The molecule has 3 aromatic rings. The minimum Gasteiger partial charge on any atom is -0.494 e. The average Bonchev–Trinajstić information content (AvgIpc) is 3.25. The van der Waals surface area contributed by atoms with E-state index in [-0.39, 0.29) is 24.1 Å². The summed E-state index contributed by atoms with van der Waals surface area (Å²) in [5.74, 6) is 0.388. The van der Waals surface area contributed by atoms with Crippen molar-refractivity contribution in [3.8, 4) is 22.8 Å². The summed E-state index contributed by atoms with van der Waals surface area (Å²) in [7, 11) is 1.43. The number of rotatable bonds is 10. The van der Waals surface area contributed by atoms with E-state index in [0.29, 0.717) is 23.9 Å². The maximum atomic E-state index is 14.0. The summed E-state index contributed by atoms with van der Waals surface area (Å²) in [6.45, 7) is 9.03. The molecule has 1 aromatic heterocycles. The molecule has 0 radical (unpaired) electrons. The first-order valence-electron chi connectivity index (χ1n) is 12.8. The third-order valence-corrected chi connectivity index (χ3v) is 6.64. The van der Waals surface area contributed by atoms with E-state index < -0.39 is 5.82 Å². The van der Waals surface area contributed by atoms with Crippen LogP contribution in [-0.4, -0.2) is 54.7 Å². The number of methoxy groups -OCH3 is 1. The van der Waals surface area contributed by atoms with Crippen LogP contribution in [-0.2, 0) is 11.2 Å². The molecule has 4 rings (SSSR count). The second-order valence-electron chi connectivity index (χ2n) is 9.83. The maximum Gasteiger partial charge on any atom is 0.224 e. The number of aromatic nitrogens is 1. The van der Waals surface area contributed by atoms with Gasteiger partial charge in [0.15, 0.2) is 11.6 Å². The second-order valence-corrected chi connectivity index (χ2v) is 9.83. The Bertz CT molecular complexity index is 1210. The van der Waals surface area contributed by atoms with Gasteiger partial charge in [-0.3, -0.25) is 4.79 Å². The van der Waals surface area contributed by atoms with Crippen molar-refractivity contribution in [1.29, 1.82) is 0 Å². The Morgan fingerprint density at radius 2 is 2.06 bits per heavy atom. The van der Waals surface area contributed by atoms with E-state index in [0.717, 1.165) is 35.2 Å². The Hall–Kier alpha value is -3.19. The number of carbonyl (C=O) groups is 1. The van der Waals surface area contributed by atoms with E-state index in [2.05, 4.69) is 17.1 Å². The molecule has 36 heavy (non-hydrogen) atoms. The molecule has 1 N–H and O–H groups in total. The first-order chi connectivity index (χ1) is 17.3. The number of nitrogens with one attached hydrogen (secondary N) is 1. The minimum absolute atomic E-state index is 0.0313. The van der Waals surface area contributed by atoms with Gasteiger partial charge in [0.05, 0.1) is 31.3 Å². The molecule has 6 nitrogen and oxygen atoms in total. The van der Waals surface area contributed by atoms with Crippen LogP contribution < -0.4 is 14.8 Å². The molecule has 1 aliphatic heterocycles. The number of hydrogen-bond donors (Lipinski definition) is 1. The maximum absolute atomic E-state index is 14.0. The number of nitrogens with zero attached hydrogens (tertiary/aromatic N) is 2. The molecular weight excluding hydrogens is 457 g/mol. The first kappa shape index (κ1) is 25.9. The number of halogens is 1. The third-order valence-electron chi connectivity index (χ3n) is 6.64. The van der Waals surface area contributed by atoms with Gasteiger partial charge in [0.1, 0.15) is 5.75 Å². The van der Waals surface area contributed by atoms with Crippen LogP contribution in [0.5, 0.6) is 11.5 Å². The lowest BCUT2D eigenvalue weighted by molar-refractivity contribution is -0.120. The number of amides is 1. The van der Waals surface area contributed by atoms with E-state index in [1.54, 1.807) is 12.1 Å². The molecule has 0 saturated carbocycles. The molecule has 0 aliphatic carbocycles. The van der Waals surface area contributed by atoms with Gasteiger partial charge in [0, 0.05) is 29.6 Å². The summed E-state index contributed by atoms with van der Waals surface area (Å²) in [5.41, 5.74) is 2.86. The molecule has 1 fully saturated rings. The minimum atomic E-state index is -0.442. The zero-order valence-electron chi connectivity index (χ0n) is 21.6. The van der Waals surface area contributed by atoms with Crippen LogP contribution >= 0.6 is 0 Å². The van der Waals surface area contributed by atoms with Crippen LogP contribution in [0.4, 0.5) is 4.39 Å². The van der Waals surface area contributed by atoms with Crippen molar-refractivity contribution < 1.29 is 18.7 Å². The SMILES string of the molecule is COc1cc(-c2nc3ccc(OCCCN4CCC[C@H]4C)cc3cc2CC(=O)NC(C)C)ccc1F. The highest BCUT2D eigenvalue weighted by Crippen LogP contribution is 2.31. The number of benzene rings is 2. The molecule has 1 atom stereocenters. The van der Waals surface area contributed by atoms with Crippen molar-refractivity contribution in [1.82, 2.24) is 15.2 Å². The highest BCUT2D eigenvalue weighted by molar-refractivity contribution is 5.88. The number of fused-ring (bicyclic) bond motifs is 1. The van der Waals surface area contributed by atoms with Gasteiger partial charge in [-0.2, -0.15) is 0 Å². The van der Waals surface area contributed by atoms with Crippen molar-refractivity contribution in [2.75, 3.05) is 26.8 Å². The van der Waals surface area contributed by atoms with Crippen LogP contribution in [0.2, 0.25) is 0 Å². The number of ether oxygens (including phenoxy) is 2. The lowest BCUT2D eigenvalue weighted by Gasteiger charge is -2.20. The summed E-state index contributed by atoms with van der Waals surface area (Å²) in [4.78, 5) is 20.0. The Labute approximate surface area is 212 Å². The van der Waals surface area contributed by atoms with Crippen LogP contribution in [0.1, 0.15) is 45.6 Å². The highest BCUT2D eigenvalue weighted by Gasteiger charge is 2.19. The highest BCUT2D eigenvalue weighted by atomic mass is 19.1. The fourth-order valence-corrected chi connectivity index (χ4v) is 4.81. The predicted octanol–water partition coefficient (Wildman–Crippen LogP) is 5.37. The lowest BCUT2D eigenvalue weighted by Crippen LogP contribution is -2.31. The summed E-state index contributed by atoms with van der Waals surface area (Å²) in [6.07, 6.45) is 3.70. The van der Waals surface area contributed by atoms with Gasteiger partial charge in [0.2, 0.25) is 5.91 Å². The van der Waals surface area contributed by atoms with Gasteiger partial charge >= 0.3 is 0 Å². The molecule has 192 valence electrons. The Morgan fingerprint density at radius 3 is 2.78 bits per heavy atom. The largest absolute Gasteiger partial charge is 0.494 e. The first-order valence-corrected chi connectivity index (χ1v) is 12.8. The van der Waals surface area contributed by atoms with Crippen LogP contribution in [0.3, 0.4) is 0 Å². The number of carbonyl (C=O) groups excluding carboxylic acids is 1. The van der Waals surface area contributed by atoms with Crippen LogP contribution in [0, 0.1) is 5.82 Å².